The van der Waals surface area contributed by atoms with Gasteiger partial charge in [0.25, 0.3) is 0 Å². The molecule has 2 fully saturated rings. The number of hydrogen-bond donors (Lipinski definition) is 0. The van der Waals surface area contributed by atoms with Crippen molar-refractivity contribution in [3.05, 3.63) is 29.3 Å². The number of hydrogen-bond acceptors (Lipinski definition) is 7. The summed E-state index contributed by atoms with van der Waals surface area (Å²) >= 11 is 0. The zero-order valence-electron chi connectivity index (χ0n) is 11.9. The van der Waals surface area contributed by atoms with Crippen LogP contribution < -0.4 is 4.74 Å². The molecule has 3 aliphatic rings. The third-order valence-corrected chi connectivity index (χ3v) is 4.53. The molecule has 0 amide bonds. The van der Waals surface area contributed by atoms with Gasteiger partial charge in [-0.1, -0.05) is 0 Å². The quantitative estimate of drug-likeness (QED) is 0.598. The van der Waals surface area contributed by atoms with Crippen LogP contribution in [0.5, 0.6) is 5.75 Å². The van der Waals surface area contributed by atoms with E-state index in [0.29, 0.717) is 25.0 Å². The Morgan fingerprint density at radius 2 is 1.61 bits per heavy atom. The number of rotatable bonds is 2. The van der Waals surface area contributed by atoms with Crippen molar-refractivity contribution in [1.29, 1.82) is 0 Å². The number of fused-ring (bicyclic) bond motifs is 2. The zero-order valence-corrected chi connectivity index (χ0v) is 11.9. The van der Waals surface area contributed by atoms with Gasteiger partial charge in [-0.2, -0.15) is 0 Å². The molecule has 0 N–H and O–H groups in total. The minimum absolute atomic E-state index is 0.177. The Labute approximate surface area is 130 Å². The van der Waals surface area contributed by atoms with Crippen LogP contribution in [-0.2, 0) is 19.1 Å². The van der Waals surface area contributed by atoms with E-state index >= 15 is 0 Å². The monoisotopic (exact) mass is 316 g/mol. The van der Waals surface area contributed by atoms with E-state index in [4.69, 9.17) is 4.74 Å². The van der Waals surface area contributed by atoms with Crippen LogP contribution in [0.15, 0.2) is 18.2 Å². The van der Waals surface area contributed by atoms with Crippen molar-refractivity contribution in [2.75, 3.05) is 0 Å². The lowest BCUT2D eigenvalue weighted by Crippen LogP contribution is -2.33. The van der Waals surface area contributed by atoms with Crippen molar-refractivity contribution in [2.45, 2.75) is 25.4 Å². The van der Waals surface area contributed by atoms with Crippen LogP contribution >= 0.6 is 0 Å². The lowest BCUT2D eigenvalue weighted by molar-refractivity contribution is -0.153. The normalized spacial score (nSPS) is 29.0. The molecule has 4 rings (SSSR count). The summed E-state index contributed by atoms with van der Waals surface area (Å²) in [6, 6.07) is 4.53. The molecule has 7 heteroatoms. The summed E-state index contributed by atoms with van der Waals surface area (Å²) in [7, 11) is 0. The smallest absolute Gasteiger partial charge is 0.347 e. The highest BCUT2D eigenvalue weighted by Gasteiger charge is 2.48. The fourth-order valence-corrected chi connectivity index (χ4v) is 3.36. The Morgan fingerprint density at radius 1 is 0.870 bits per heavy atom. The molecule has 1 aromatic carbocycles. The van der Waals surface area contributed by atoms with Crippen molar-refractivity contribution >= 4 is 23.9 Å². The minimum atomic E-state index is -0.691. The van der Waals surface area contributed by atoms with Crippen LogP contribution in [0.4, 0.5) is 0 Å². The number of cyclic esters (lactones) is 4. The molecule has 2 aliphatic heterocycles. The van der Waals surface area contributed by atoms with Crippen molar-refractivity contribution in [3.63, 3.8) is 0 Å². The highest BCUT2D eigenvalue weighted by Crippen LogP contribution is 2.38. The number of carbonyl (C=O) groups excluding carboxylic acids is 4. The van der Waals surface area contributed by atoms with Gasteiger partial charge in [-0.25, -0.2) is 9.59 Å². The summed E-state index contributed by atoms with van der Waals surface area (Å²) in [5.74, 6) is -2.68. The maximum atomic E-state index is 11.7. The molecule has 1 aromatic rings. The minimum Gasteiger partial charge on any atom is -0.490 e. The van der Waals surface area contributed by atoms with Crippen molar-refractivity contribution in [3.8, 4) is 5.75 Å². The first-order chi connectivity index (χ1) is 11.0. The average molecular weight is 316 g/mol. The van der Waals surface area contributed by atoms with E-state index in [1.807, 2.05) is 0 Å². The van der Waals surface area contributed by atoms with E-state index in [-0.39, 0.29) is 23.1 Å². The number of ether oxygens (including phenoxy) is 3. The molecule has 23 heavy (non-hydrogen) atoms. The van der Waals surface area contributed by atoms with Gasteiger partial charge in [0.2, 0.25) is 0 Å². The Morgan fingerprint density at radius 3 is 2.43 bits per heavy atom. The second kappa shape index (κ2) is 4.91. The lowest BCUT2D eigenvalue weighted by Gasteiger charge is -2.28. The lowest BCUT2D eigenvalue weighted by atomic mass is 9.79. The molecule has 7 nitrogen and oxygen atoms in total. The molecule has 0 bridgehead atoms. The summed E-state index contributed by atoms with van der Waals surface area (Å²) in [6.45, 7) is 0. The Kier molecular flexibility index (Phi) is 2.97. The number of benzene rings is 1. The Hall–Kier alpha value is -2.70. The fraction of sp³-hybridized carbons (Fsp3) is 0.375. The highest BCUT2D eigenvalue weighted by atomic mass is 16.6. The van der Waals surface area contributed by atoms with Gasteiger partial charge >= 0.3 is 23.9 Å². The average Bonchev–Trinajstić information content (AvgIpc) is 2.96. The fourth-order valence-electron chi connectivity index (χ4n) is 3.36. The first-order valence-electron chi connectivity index (χ1n) is 7.35. The topological polar surface area (TPSA) is 96.0 Å². The van der Waals surface area contributed by atoms with E-state index in [2.05, 4.69) is 9.47 Å². The standard InChI is InChI=1S/C16H12O7/c17-13-9-3-1-7(5-11(9)15(19)22-13)21-8-2-4-10-12(6-8)16(20)23-14(10)18/h1,3,5,8,10,12H,2,4,6H2. The van der Waals surface area contributed by atoms with Crippen molar-refractivity contribution < 1.29 is 33.4 Å². The van der Waals surface area contributed by atoms with Crippen LogP contribution in [0.25, 0.3) is 0 Å². The van der Waals surface area contributed by atoms with Crippen LogP contribution in [0.2, 0.25) is 0 Å². The van der Waals surface area contributed by atoms with Crippen molar-refractivity contribution in [2.24, 2.45) is 11.8 Å². The van der Waals surface area contributed by atoms with Crippen molar-refractivity contribution in [1.82, 2.24) is 0 Å². The predicted octanol–water partition coefficient (Wildman–Crippen LogP) is 1.24. The molecule has 2 heterocycles. The van der Waals surface area contributed by atoms with Gasteiger partial charge in [0, 0.05) is 0 Å². The molecule has 0 aromatic heterocycles. The largest absolute Gasteiger partial charge is 0.490 e. The zero-order chi connectivity index (χ0) is 16.1. The maximum Gasteiger partial charge on any atom is 0.347 e. The molecular formula is C16H12O7. The highest BCUT2D eigenvalue weighted by molar-refractivity contribution is 6.14. The first-order valence-corrected chi connectivity index (χ1v) is 7.35. The summed E-state index contributed by atoms with van der Waals surface area (Å²) in [5, 5.41) is 0. The van der Waals surface area contributed by atoms with Gasteiger partial charge < -0.3 is 14.2 Å². The van der Waals surface area contributed by atoms with E-state index in [1.165, 1.54) is 12.1 Å². The molecule has 1 saturated carbocycles. The second-order valence-electron chi connectivity index (χ2n) is 5.89. The van der Waals surface area contributed by atoms with Gasteiger partial charge in [0.05, 0.1) is 29.1 Å². The summed E-state index contributed by atoms with van der Waals surface area (Å²) in [4.78, 5) is 46.1. The van der Waals surface area contributed by atoms with E-state index in [9.17, 15) is 19.2 Å². The molecule has 3 atom stereocenters. The van der Waals surface area contributed by atoms with Gasteiger partial charge in [0.1, 0.15) is 5.75 Å². The first kappa shape index (κ1) is 13.9. The maximum absolute atomic E-state index is 11.7. The molecule has 118 valence electrons. The summed E-state index contributed by atoms with van der Waals surface area (Å²) in [6.07, 6.45) is 1.30. The Bertz CT molecular complexity index is 751. The third-order valence-electron chi connectivity index (χ3n) is 4.53. The molecule has 0 radical (unpaired) electrons. The van der Waals surface area contributed by atoms with E-state index in [1.54, 1.807) is 6.07 Å². The molecule has 1 aliphatic carbocycles. The van der Waals surface area contributed by atoms with Crippen LogP contribution in [0.3, 0.4) is 0 Å². The van der Waals surface area contributed by atoms with Gasteiger partial charge in [-0.3, -0.25) is 9.59 Å². The molecule has 0 spiro atoms. The SMILES string of the molecule is O=C1OC(=O)c2cc(OC3CCC4C(=O)OC(=O)C4C3)ccc21. The van der Waals surface area contributed by atoms with Gasteiger partial charge in [-0.05, 0) is 37.5 Å². The summed E-state index contributed by atoms with van der Waals surface area (Å²) in [5.41, 5.74) is 0.396. The van der Waals surface area contributed by atoms with Crippen LogP contribution in [0.1, 0.15) is 40.0 Å². The third kappa shape index (κ3) is 2.19. The van der Waals surface area contributed by atoms with E-state index < -0.39 is 29.8 Å². The molecular weight excluding hydrogens is 304 g/mol. The van der Waals surface area contributed by atoms with Crippen LogP contribution in [0, 0.1) is 11.8 Å². The number of carbonyl (C=O) groups is 4. The summed E-state index contributed by atoms with van der Waals surface area (Å²) < 4.78 is 15.0. The molecule has 1 saturated heterocycles. The van der Waals surface area contributed by atoms with Gasteiger partial charge in [-0.15, -0.1) is 0 Å². The predicted molar refractivity (Wildman–Crippen MR) is 72.5 cm³/mol. The van der Waals surface area contributed by atoms with Gasteiger partial charge in [0.15, 0.2) is 0 Å². The van der Waals surface area contributed by atoms with Crippen LogP contribution in [-0.4, -0.2) is 30.0 Å². The van der Waals surface area contributed by atoms with E-state index in [0.717, 1.165) is 0 Å². The second-order valence-corrected chi connectivity index (χ2v) is 5.89. The number of esters is 4. The molecule has 3 unspecified atom stereocenters. The Balaban J connectivity index is 1.50.